The van der Waals surface area contributed by atoms with Gasteiger partial charge in [0.15, 0.2) is 0 Å². The number of aryl methyl sites for hydroxylation is 3. The fraction of sp³-hybridized carbons (Fsp3) is 0.269. The van der Waals surface area contributed by atoms with Crippen LogP contribution < -0.4 is 5.32 Å². The number of amides is 2. The second-order valence-electron chi connectivity index (χ2n) is 8.52. The van der Waals surface area contributed by atoms with Crippen LogP contribution in [0.4, 0.5) is 4.79 Å². The highest BCUT2D eigenvalue weighted by Crippen LogP contribution is 2.32. The van der Waals surface area contributed by atoms with Gasteiger partial charge < -0.3 is 9.88 Å². The molecular formula is C26H29N5O. The number of benzene rings is 2. The van der Waals surface area contributed by atoms with Gasteiger partial charge in [-0.3, -0.25) is 10.3 Å². The van der Waals surface area contributed by atoms with E-state index in [-0.39, 0.29) is 11.9 Å². The molecule has 0 saturated carbocycles. The zero-order chi connectivity index (χ0) is 22.9. The van der Waals surface area contributed by atoms with E-state index in [2.05, 4.69) is 29.4 Å². The number of aromatic nitrogens is 2. The number of carbonyl (C=O) groups excluding carboxylic acids is 1. The average Bonchev–Trinajstić information content (AvgIpc) is 3.35. The topological polar surface area (TPSA) is 74.0 Å². The largest absolute Gasteiger partial charge is 0.335 e. The minimum atomic E-state index is -0.607. The monoisotopic (exact) mass is 427 g/mol. The Morgan fingerprint density at radius 2 is 1.97 bits per heavy atom. The van der Waals surface area contributed by atoms with Crippen molar-refractivity contribution in [2.24, 2.45) is 0 Å². The number of imidazole rings is 1. The highest BCUT2D eigenvalue weighted by Gasteiger charge is 2.44. The summed E-state index contributed by atoms with van der Waals surface area (Å²) in [5.74, 6) is 0.162. The van der Waals surface area contributed by atoms with Crippen molar-refractivity contribution in [1.29, 1.82) is 5.41 Å². The molecule has 2 heterocycles. The van der Waals surface area contributed by atoms with Crippen LogP contribution in [-0.2, 0) is 12.0 Å². The lowest BCUT2D eigenvalue weighted by atomic mass is 9.90. The molecular weight excluding hydrogens is 398 g/mol. The summed E-state index contributed by atoms with van der Waals surface area (Å²) < 4.78 is 2.03. The van der Waals surface area contributed by atoms with E-state index in [1.165, 1.54) is 10.5 Å². The molecule has 0 bridgehead atoms. The van der Waals surface area contributed by atoms with Crippen LogP contribution in [0.25, 0.3) is 11.8 Å². The van der Waals surface area contributed by atoms with E-state index < -0.39 is 5.54 Å². The number of hydrogen-bond acceptors (Lipinski definition) is 3. The SMILES string of the molecule is CCc1cc(/C=C/C(=N)N2C(=O)NCC2(C)c2ccc(C)cc2)ccc1-n1cnc(C)c1. The van der Waals surface area contributed by atoms with Gasteiger partial charge in [0.25, 0.3) is 0 Å². The van der Waals surface area contributed by atoms with Crippen LogP contribution in [0, 0.1) is 19.3 Å². The van der Waals surface area contributed by atoms with Crippen molar-refractivity contribution in [2.45, 2.75) is 39.7 Å². The molecule has 1 aromatic heterocycles. The number of hydrogen-bond donors (Lipinski definition) is 2. The van der Waals surface area contributed by atoms with E-state index in [1.54, 1.807) is 6.08 Å². The Balaban J connectivity index is 1.59. The van der Waals surface area contributed by atoms with Crippen molar-refractivity contribution >= 4 is 17.9 Å². The van der Waals surface area contributed by atoms with E-state index in [4.69, 9.17) is 5.41 Å². The smallest absolute Gasteiger partial charge is 0.324 e. The Hall–Kier alpha value is -3.67. The molecule has 6 nitrogen and oxygen atoms in total. The van der Waals surface area contributed by atoms with Gasteiger partial charge in [-0.05, 0) is 62.1 Å². The van der Waals surface area contributed by atoms with Crippen LogP contribution >= 0.6 is 0 Å². The molecule has 1 fully saturated rings. The van der Waals surface area contributed by atoms with Crippen LogP contribution in [0.5, 0.6) is 0 Å². The Morgan fingerprint density at radius 1 is 1.22 bits per heavy atom. The summed E-state index contributed by atoms with van der Waals surface area (Å²) in [4.78, 5) is 18.5. The summed E-state index contributed by atoms with van der Waals surface area (Å²) in [7, 11) is 0. The summed E-state index contributed by atoms with van der Waals surface area (Å²) in [6.45, 7) is 8.60. The number of nitrogens with one attached hydrogen (secondary N) is 2. The van der Waals surface area contributed by atoms with Gasteiger partial charge in [0, 0.05) is 18.4 Å². The molecule has 2 N–H and O–H groups in total. The summed E-state index contributed by atoms with van der Waals surface area (Å²) in [6, 6.07) is 14.1. The van der Waals surface area contributed by atoms with E-state index in [0.29, 0.717) is 6.54 Å². The lowest BCUT2D eigenvalue weighted by molar-refractivity contribution is 0.213. The van der Waals surface area contributed by atoms with Gasteiger partial charge in [0.05, 0.1) is 17.6 Å². The van der Waals surface area contributed by atoms with Crippen molar-refractivity contribution in [3.8, 4) is 5.69 Å². The molecule has 2 amide bonds. The van der Waals surface area contributed by atoms with E-state index >= 15 is 0 Å². The normalized spacial score (nSPS) is 18.4. The standard InChI is InChI=1S/C26H29N5O/c1-5-21-14-20(8-12-23(21)30-15-19(3)29-17-30)9-13-24(27)31-25(32)28-16-26(31,4)22-10-6-18(2)7-11-22/h6-15,17,27H,5,16H2,1-4H3,(H,28,32)/b13-9+,27-24?. The first-order valence-electron chi connectivity index (χ1n) is 10.9. The van der Waals surface area contributed by atoms with Crippen molar-refractivity contribution < 1.29 is 4.79 Å². The minimum absolute atomic E-state index is 0.162. The second-order valence-corrected chi connectivity index (χ2v) is 8.52. The third kappa shape index (κ3) is 3.96. The highest BCUT2D eigenvalue weighted by atomic mass is 16.2. The fourth-order valence-electron chi connectivity index (χ4n) is 4.20. The fourth-order valence-corrected chi connectivity index (χ4v) is 4.20. The van der Waals surface area contributed by atoms with Gasteiger partial charge >= 0.3 is 6.03 Å². The van der Waals surface area contributed by atoms with Crippen molar-refractivity contribution in [2.75, 3.05) is 6.54 Å². The molecule has 4 rings (SSSR count). The molecule has 1 atom stereocenters. The maximum atomic E-state index is 12.6. The highest BCUT2D eigenvalue weighted by molar-refractivity contribution is 6.06. The molecule has 2 aromatic carbocycles. The van der Waals surface area contributed by atoms with Crippen molar-refractivity contribution in [3.63, 3.8) is 0 Å². The zero-order valence-electron chi connectivity index (χ0n) is 19.0. The molecule has 0 spiro atoms. The molecule has 1 saturated heterocycles. The first kappa shape index (κ1) is 21.6. The first-order chi connectivity index (χ1) is 15.3. The molecule has 1 aliphatic heterocycles. The van der Waals surface area contributed by atoms with Gasteiger partial charge in [-0.1, -0.05) is 48.9 Å². The quantitative estimate of drug-likeness (QED) is 0.445. The lowest BCUT2D eigenvalue weighted by Crippen LogP contribution is -2.45. The summed E-state index contributed by atoms with van der Waals surface area (Å²) >= 11 is 0. The average molecular weight is 428 g/mol. The van der Waals surface area contributed by atoms with Gasteiger partial charge in [-0.25, -0.2) is 9.78 Å². The van der Waals surface area contributed by atoms with E-state index in [0.717, 1.165) is 34.5 Å². The van der Waals surface area contributed by atoms with Crippen LogP contribution in [0.2, 0.25) is 0 Å². The maximum absolute atomic E-state index is 12.6. The number of nitrogens with zero attached hydrogens (tertiary/aromatic N) is 3. The Morgan fingerprint density at radius 3 is 2.62 bits per heavy atom. The number of carbonyl (C=O) groups is 1. The first-order valence-corrected chi connectivity index (χ1v) is 10.9. The van der Waals surface area contributed by atoms with Crippen LogP contribution in [-0.4, -0.2) is 32.9 Å². The lowest BCUT2D eigenvalue weighted by Gasteiger charge is -2.33. The Bertz CT molecular complexity index is 1190. The third-order valence-electron chi connectivity index (χ3n) is 6.10. The van der Waals surface area contributed by atoms with E-state index in [1.807, 2.05) is 74.3 Å². The van der Waals surface area contributed by atoms with Crippen LogP contribution in [0.1, 0.15) is 41.8 Å². The zero-order valence-corrected chi connectivity index (χ0v) is 19.0. The number of amidine groups is 1. The maximum Gasteiger partial charge on any atom is 0.324 e. The van der Waals surface area contributed by atoms with Gasteiger partial charge in [0.2, 0.25) is 0 Å². The molecule has 0 aliphatic carbocycles. The summed E-state index contributed by atoms with van der Waals surface area (Å²) in [6.07, 6.45) is 8.31. The summed E-state index contributed by atoms with van der Waals surface area (Å²) in [5.41, 5.74) is 5.83. The predicted octanol–water partition coefficient (Wildman–Crippen LogP) is 4.98. The molecule has 6 heteroatoms. The Labute approximate surface area is 189 Å². The summed E-state index contributed by atoms with van der Waals surface area (Å²) in [5, 5.41) is 11.6. The van der Waals surface area contributed by atoms with Gasteiger partial charge in [-0.15, -0.1) is 0 Å². The van der Waals surface area contributed by atoms with Gasteiger partial charge in [-0.2, -0.15) is 0 Å². The number of rotatable bonds is 5. The van der Waals surface area contributed by atoms with Crippen molar-refractivity contribution in [3.05, 3.63) is 89.0 Å². The predicted molar refractivity (Wildman–Crippen MR) is 128 cm³/mol. The van der Waals surface area contributed by atoms with Crippen molar-refractivity contribution in [1.82, 2.24) is 19.8 Å². The molecule has 1 aliphatic rings. The molecule has 1 unspecified atom stereocenters. The Kier molecular flexibility index (Phi) is 5.70. The minimum Gasteiger partial charge on any atom is -0.335 e. The second kappa shape index (κ2) is 8.46. The van der Waals surface area contributed by atoms with Crippen LogP contribution in [0.3, 0.4) is 0 Å². The van der Waals surface area contributed by atoms with Gasteiger partial charge in [0.1, 0.15) is 5.84 Å². The molecule has 0 radical (unpaired) electrons. The van der Waals surface area contributed by atoms with E-state index in [9.17, 15) is 4.79 Å². The third-order valence-corrected chi connectivity index (χ3v) is 6.10. The molecule has 3 aromatic rings. The molecule has 164 valence electrons. The number of urea groups is 1. The molecule has 32 heavy (non-hydrogen) atoms. The van der Waals surface area contributed by atoms with Crippen LogP contribution in [0.15, 0.2) is 61.1 Å².